The highest BCUT2D eigenvalue weighted by Gasteiger charge is 2.40. The second-order valence-corrected chi connectivity index (χ2v) is 18.4. The molecule has 1 N–H and O–H groups in total. The van der Waals surface area contributed by atoms with Gasteiger partial charge in [0.2, 0.25) is 0 Å². The molecule has 0 radical (unpaired) electrons. The number of fused-ring (bicyclic) bond motifs is 3. The van der Waals surface area contributed by atoms with E-state index in [1.807, 2.05) is 24.4 Å². The van der Waals surface area contributed by atoms with Crippen LogP contribution in [-0.4, -0.2) is 63.2 Å². The van der Waals surface area contributed by atoms with Gasteiger partial charge in [-0.15, -0.1) is 5.06 Å². The summed E-state index contributed by atoms with van der Waals surface area (Å²) in [4.78, 5) is 48.4. The number of aryl methyl sites for hydroxylation is 1. The highest BCUT2D eigenvalue weighted by molar-refractivity contribution is 7.86. The predicted octanol–water partition coefficient (Wildman–Crippen LogP) is 6.08. The fourth-order valence-electron chi connectivity index (χ4n) is 8.54. The van der Waals surface area contributed by atoms with Crippen LogP contribution < -0.4 is 20.1 Å². The fourth-order valence-corrected chi connectivity index (χ4v) is 9.17. The molecule has 0 bridgehead atoms. The van der Waals surface area contributed by atoms with Crippen LogP contribution in [0.25, 0.3) is 23.3 Å². The zero-order chi connectivity index (χ0) is 40.3. The van der Waals surface area contributed by atoms with Gasteiger partial charge in [0.15, 0.2) is 0 Å². The third kappa shape index (κ3) is 7.71. The van der Waals surface area contributed by atoms with Gasteiger partial charge in [0.25, 0.3) is 21.9 Å². The number of hydrogen-bond donors (Lipinski definition) is 1. The number of imide groups is 1. The SMILES string of the molecule is C=c1cc2c(cc1/C(C)=C\C(C)(C)C)=C(c1nccn1CCCCCC(=O)ON1C(=O)CCC1=O)c1cc3c4c(c1O2)CCCN4C(C)(C)C=C3CS(=O)(=O)O. The van der Waals surface area contributed by atoms with E-state index >= 15 is 0 Å². The molecule has 1 saturated heterocycles. The zero-order valence-corrected chi connectivity index (χ0v) is 33.8. The van der Waals surface area contributed by atoms with E-state index in [1.54, 1.807) is 6.20 Å². The summed E-state index contributed by atoms with van der Waals surface area (Å²) in [5.41, 5.74) is 6.31. The van der Waals surface area contributed by atoms with E-state index in [-0.39, 0.29) is 24.7 Å². The number of aromatic nitrogens is 2. The molecule has 1 fully saturated rings. The van der Waals surface area contributed by atoms with Crippen molar-refractivity contribution >= 4 is 56.9 Å². The number of imidazole rings is 1. The van der Waals surface area contributed by atoms with E-state index in [1.165, 1.54) is 0 Å². The van der Waals surface area contributed by atoms with Crippen LogP contribution >= 0.6 is 0 Å². The standard InChI is InChI=1S/C43H50N4O8S/c1-26-20-34-32(21-30(26)27(2)23-42(3,4)5)38(41-44-16-19-45(41)17-10-8-9-13-37(50)55-47-35(48)14-15-36(47)49)33-22-31-28(25-56(51,52)53)24-43(6,7)46-18-11-12-29(39(31)46)40(33)54-34/h16,19-24H,1,8-15,17-18,25H2,2-7H3,(H,51,52,53)/b27-23-. The largest absolute Gasteiger partial charge is 0.456 e. The van der Waals surface area contributed by atoms with Crippen LogP contribution in [0.15, 0.2) is 42.7 Å². The molecule has 56 heavy (non-hydrogen) atoms. The Morgan fingerprint density at radius 2 is 1.80 bits per heavy atom. The Hall–Kier alpha value is -5.01. The molecule has 13 heteroatoms. The van der Waals surface area contributed by atoms with E-state index in [2.05, 4.69) is 69.7 Å². The third-order valence-electron chi connectivity index (χ3n) is 10.8. The van der Waals surface area contributed by atoms with E-state index < -0.39 is 39.2 Å². The van der Waals surface area contributed by atoms with Crippen molar-refractivity contribution in [3.05, 3.63) is 81.3 Å². The first-order chi connectivity index (χ1) is 26.3. The average molecular weight is 783 g/mol. The first-order valence-corrected chi connectivity index (χ1v) is 20.9. The second-order valence-electron chi connectivity index (χ2n) is 16.9. The number of allylic oxidation sites excluding steroid dienone is 2. The van der Waals surface area contributed by atoms with Crippen LogP contribution in [0.4, 0.5) is 5.69 Å². The summed E-state index contributed by atoms with van der Waals surface area (Å²) in [7, 11) is -4.35. The number of nitrogens with zero attached hydrogens (tertiary/aromatic N) is 4. The van der Waals surface area contributed by atoms with Gasteiger partial charge in [-0.25, -0.2) is 9.78 Å². The van der Waals surface area contributed by atoms with Crippen molar-refractivity contribution in [1.82, 2.24) is 14.6 Å². The van der Waals surface area contributed by atoms with Gasteiger partial charge in [-0.05, 0) is 92.0 Å². The second kappa shape index (κ2) is 14.5. The number of rotatable bonds is 11. The van der Waals surface area contributed by atoms with Gasteiger partial charge in [-0.2, -0.15) is 8.42 Å². The molecule has 7 rings (SSSR count). The Labute approximate surface area is 327 Å². The number of benzene rings is 2. The van der Waals surface area contributed by atoms with Crippen molar-refractivity contribution in [3.8, 4) is 11.5 Å². The Kier molecular flexibility index (Phi) is 10.2. The van der Waals surface area contributed by atoms with E-state index in [0.29, 0.717) is 53.8 Å². The normalized spacial score (nSPS) is 17.7. The summed E-state index contributed by atoms with van der Waals surface area (Å²) in [6, 6.07) is 6.11. The van der Waals surface area contributed by atoms with Crippen molar-refractivity contribution in [2.24, 2.45) is 5.41 Å². The molecular weight excluding hydrogens is 733 g/mol. The minimum Gasteiger partial charge on any atom is -0.456 e. The van der Waals surface area contributed by atoms with Gasteiger partial charge in [0, 0.05) is 72.2 Å². The van der Waals surface area contributed by atoms with Crippen LogP contribution in [0.2, 0.25) is 0 Å². The zero-order valence-electron chi connectivity index (χ0n) is 33.0. The van der Waals surface area contributed by atoms with Crippen LogP contribution in [-0.2, 0) is 42.3 Å². The molecular formula is C43H50N4O8S. The van der Waals surface area contributed by atoms with Crippen molar-refractivity contribution in [2.45, 2.75) is 105 Å². The molecule has 0 aliphatic carbocycles. The molecule has 0 unspecified atom stereocenters. The summed E-state index contributed by atoms with van der Waals surface area (Å²) in [5, 5.41) is 2.24. The van der Waals surface area contributed by atoms with Crippen molar-refractivity contribution in [2.75, 3.05) is 17.2 Å². The van der Waals surface area contributed by atoms with Gasteiger partial charge >= 0.3 is 5.97 Å². The maximum absolute atomic E-state index is 12.4. The minimum absolute atomic E-state index is 0.0489. The summed E-state index contributed by atoms with van der Waals surface area (Å²) < 4.78 is 44.0. The lowest BCUT2D eigenvalue weighted by molar-refractivity contribution is -0.197. The summed E-state index contributed by atoms with van der Waals surface area (Å²) in [6.45, 7) is 18.5. The minimum atomic E-state index is -4.35. The van der Waals surface area contributed by atoms with Crippen molar-refractivity contribution < 1.29 is 36.9 Å². The summed E-state index contributed by atoms with van der Waals surface area (Å²) in [5.74, 6) is -0.0581. The number of anilines is 1. The van der Waals surface area contributed by atoms with Gasteiger partial charge in [0.05, 0.1) is 11.2 Å². The quantitative estimate of drug-likeness (QED) is 0.108. The number of amides is 2. The van der Waals surface area contributed by atoms with E-state index in [9.17, 15) is 27.4 Å². The number of hydrogen-bond acceptors (Lipinski definition) is 9. The number of hydroxylamine groups is 2. The van der Waals surface area contributed by atoms with Gasteiger partial charge in [0.1, 0.15) is 23.1 Å². The summed E-state index contributed by atoms with van der Waals surface area (Å²) >= 11 is 0. The van der Waals surface area contributed by atoms with E-state index in [0.717, 1.165) is 68.9 Å². The first-order valence-electron chi connectivity index (χ1n) is 19.3. The monoisotopic (exact) mass is 782 g/mol. The molecule has 4 aliphatic heterocycles. The van der Waals surface area contributed by atoms with Gasteiger partial charge in [-0.1, -0.05) is 45.9 Å². The molecule has 1 aromatic heterocycles. The van der Waals surface area contributed by atoms with Crippen LogP contribution in [0, 0.1) is 5.41 Å². The van der Waals surface area contributed by atoms with Crippen molar-refractivity contribution in [3.63, 3.8) is 0 Å². The smallest absolute Gasteiger partial charge is 0.333 e. The molecule has 2 aromatic carbocycles. The number of ether oxygens (including phenoxy) is 1. The highest BCUT2D eigenvalue weighted by Crippen LogP contribution is 2.52. The topological polar surface area (TPSA) is 148 Å². The van der Waals surface area contributed by atoms with Crippen molar-refractivity contribution in [1.29, 1.82) is 0 Å². The molecule has 0 atom stereocenters. The average Bonchev–Trinajstić information content (AvgIpc) is 3.69. The van der Waals surface area contributed by atoms with Crippen LogP contribution in [0.3, 0.4) is 0 Å². The number of unbranched alkanes of at least 4 members (excludes halogenated alkanes) is 2. The molecule has 2 amide bonds. The lowest BCUT2D eigenvalue weighted by Gasteiger charge is -2.47. The number of carbonyl (C=O) groups is 3. The Balaban J connectivity index is 1.31. The first kappa shape index (κ1) is 39.2. The maximum atomic E-state index is 12.4. The van der Waals surface area contributed by atoms with E-state index in [4.69, 9.17) is 14.6 Å². The Morgan fingerprint density at radius 1 is 1.07 bits per heavy atom. The molecule has 296 valence electrons. The number of carbonyl (C=O) groups excluding carboxylic acids is 3. The molecule has 4 aliphatic rings. The van der Waals surface area contributed by atoms with Crippen LogP contribution in [0.1, 0.15) is 115 Å². The fraction of sp³-hybridized carbons (Fsp3) is 0.442. The third-order valence-corrected chi connectivity index (χ3v) is 11.5. The molecule has 5 heterocycles. The Morgan fingerprint density at radius 3 is 2.50 bits per heavy atom. The maximum Gasteiger partial charge on any atom is 0.333 e. The lowest BCUT2D eigenvalue weighted by Crippen LogP contribution is -2.48. The molecule has 0 saturated carbocycles. The van der Waals surface area contributed by atoms with Gasteiger partial charge < -0.3 is 19.0 Å². The predicted molar refractivity (Wildman–Crippen MR) is 214 cm³/mol. The molecule has 12 nitrogen and oxygen atoms in total. The highest BCUT2D eigenvalue weighted by atomic mass is 32.2. The van der Waals surface area contributed by atoms with Gasteiger partial charge in [-0.3, -0.25) is 14.1 Å². The lowest BCUT2D eigenvalue weighted by atomic mass is 9.80. The molecule has 3 aromatic rings. The van der Waals surface area contributed by atoms with Crippen LogP contribution in [0.5, 0.6) is 11.5 Å². The Bertz CT molecular complexity index is 2440. The molecule has 0 spiro atoms. The summed E-state index contributed by atoms with van der Waals surface area (Å²) in [6.07, 6.45) is 11.5.